The number of anilines is 1. The van der Waals surface area contributed by atoms with Crippen molar-refractivity contribution in [2.45, 2.75) is 12.8 Å². The number of aromatic nitrogens is 1. The molecule has 2 nitrogen and oxygen atoms in total. The maximum Gasteiger partial charge on any atom is 0.0750 e. The molecule has 0 amide bonds. The lowest BCUT2D eigenvalue weighted by Gasteiger charge is -2.21. The molecular formula is C21H16N2. The maximum absolute atomic E-state index is 5.92. The Bertz CT molecular complexity index is 1080. The lowest BCUT2D eigenvalue weighted by molar-refractivity contribution is 0.936. The van der Waals surface area contributed by atoms with Crippen molar-refractivity contribution in [3.8, 4) is 11.3 Å². The van der Waals surface area contributed by atoms with Crippen molar-refractivity contribution in [2.24, 2.45) is 0 Å². The Kier molecular flexibility index (Phi) is 2.51. The average Bonchev–Trinajstić information content (AvgIpc) is 2.59. The van der Waals surface area contributed by atoms with E-state index in [-0.39, 0.29) is 0 Å². The number of pyridine rings is 1. The molecule has 0 aliphatic heterocycles. The van der Waals surface area contributed by atoms with Crippen LogP contribution >= 0.6 is 0 Å². The Labute approximate surface area is 134 Å². The van der Waals surface area contributed by atoms with Crippen LogP contribution in [0.15, 0.2) is 60.7 Å². The van der Waals surface area contributed by atoms with E-state index >= 15 is 0 Å². The lowest BCUT2D eigenvalue weighted by Crippen LogP contribution is -2.06. The summed E-state index contributed by atoms with van der Waals surface area (Å²) in [5.74, 6) is 0. The zero-order valence-electron chi connectivity index (χ0n) is 12.7. The first-order chi connectivity index (χ1) is 11.3. The molecule has 1 aromatic heterocycles. The molecule has 0 atom stereocenters. The van der Waals surface area contributed by atoms with E-state index < -0.39 is 0 Å². The first kappa shape index (κ1) is 12.7. The number of nitrogen functional groups attached to an aromatic ring is 1. The fourth-order valence-electron chi connectivity index (χ4n) is 3.72. The first-order valence-corrected chi connectivity index (χ1v) is 8.00. The van der Waals surface area contributed by atoms with Crippen LogP contribution in [0.25, 0.3) is 32.9 Å². The van der Waals surface area contributed by atoms with Crippen LogP contribution in [-0.2, 0) is 12.8 Å². The number of rotatable bonds is 0. The normalized spacial score (nSPS) is 13.0. The van der Waals surface area contributed by atoms with Gasteiger partial charge in [0.15, 0.2) is 0 Å². The smallest absolute Gasteiger partial charge is 0.0750 e. The Morgan fingerprint density at radius 1 is 0.783 bits per heavy atom. The monoisotopic (exact) mass is 296 g/mol. The van der Waals surface area contributed by atoms with Gasteiger partial charge in [0.1, 0.15) is 0 Å². The molecule has 1 aliphatic carbocycles. The van der Waals surface area contributed by atoms with Gasteiger partial charge in [0, 0.05) is 16.6 Å². The number of fused-ring (bicyclic) bond motifs is 6. The number of hydrogen-bond donors (Lipinski definition) is 1. The molecule has 110 valence electrons. The van der Waals surface area contributed by atoms with Gasteiger partial charge in [-0.05, 0) is 59.0 Å². The molecule has 0 spiro atoms. The summed E-state index contributed by atoms with van der Waals surface area (Å²) in [6.45, 7) is 0. The molecule has 0 saturated heterocycles. The highest BCUT2D eigenvalue weighted by atomic mass is 14.7. The molecule has 0 bridgehead atoms. The van der Waals surface area contributed by atoms with Crippen molar-refractivity contribution < 1.29 is 0 Å². The predicted octanol–water partition coefficient (Wildman–Crippen LogP) is 4.74. The van der Waals surface area contributed by atoms with Crippen molar-refractivity contribution in [3.05, 3.63) is 71.8 Å². The van der Waals surface area contributed by atoms with Crippen LogP contribution in [-0.4, -0.2) is 4.98 Å². The van der Waals surface area contributed by atoms with Gasteiger partial charge in [-0.3, -0.25) is 0 Å². The molecule has 2 N–H and O–H groups in total. The van der Waals surface area contributed by atoms with Gasteiger partial charge in [0.05, 0.1) is 11.2 Å². The van der Waals surface area contributed by atoms with Gasteiger partial charge in [0.25, 0.3) is 0 Å². The second kappa shape index (κ2) is 4.56. The molecule has 0 saturated carbocycles. The molecule has 0 fully saturated rings. The zero-order chi connectivity index (χ0) is 15.4. The Balaban J connectivity index is 1.89. The highest BCUT2D eigenvalue weighted by Gasteiger charge is 2.20. The number of hydrogen-bond acceptors (Lipinski definition) is 2. The van der Waals surface area contributed by atoms with Crippen molar-refractivity contribution in [3.63, 3.8) is 0 Å². The van der Waals surface area contributed by atoms with Gasteiger partial charge in [0.2, 0.25) is 0 Å². The van der Waals surface area contributed by atoms with Crippen LogP contribution in [0, 0.1) is 0 Å². The molecule has 3 aromatic carbocycles. The topological polar surface area (TPSA) is 38.9 Å². The molecule has 2 heteroatoms. The highest BCUT2D eigenvalue weighted by Crippen LogP contribution is 2.38. The third kappa shape index (κ3) is 1.85. The summed E-state index contributed by atoms with van der Waals surface area (Å²) < 4.78 is 0. The minimum Gasteiger partial charge on any atom is -0.399 e. The van der Waals surface area contributed by atoms with E-state index in [9.17, 15) is 0 Å². The van der Waals surface area contributed by atoms with E-state index in [1.165, 1.54) is 27.5 Å². The summed E-state index contributed by atoms with van der Waals surface area (Å²) in [5.41, 5.74) is 12.9. The Morgan fingerprint density at radius 2 is 1.65 bits per heavy atom. The standard InChI is InChI=1S/C21H16N2/c22-17-9-10-19-16(12-17)11-15-8-7-14-6-5-13-3-1-2-4-18(13)20(14)21(15)23-19/h1-6,9-12H,7-8,22H2. The summed E-state index contributed by atoms with van der Waals surface area (Å²) in [6.07, 6.45) is 2.11. The molecule has 0 radical (unpaired) electrons. The second-order valence-electron chi connectivity index (χ2n) is 6.27. The number of nitrogens with two attached hydrogens (primary N) is 1. The van der Waals surface area contributed by atoms with Crippen LogP contribution in [0.1, 0.15) is 11.1 Å². The largest absolute Gasteiger partial charge is 0.399 e. The lowest BCUT2D eigenvalue weighted by atomic mass is 9.85. The fourth-order valence-corrected chi connectivity index (χ4v) is 3.72. The van der Waals surface area contributed by atoms with Crippen LogP contribution in [0.3, 0.4) is 0 Å². The third-order valence-electron chi connectivity index (χ3n) is 4.83. The van der Waals surface area contributed by atoms with Crippen molar-refractivity contribution in [1.29, 1.82) is 0 Å². The number of benzene rings is 3. The highest BCUT2D eigenvalue weighted by molar-refractivity contribution is 6.00. The second-order valence-corrected chi connectivity index (χ2v) is 6.27. The van der Waals surface area contributed by atoms with E-state index in [1.54, 1.807) is 0 Å². The zero-order valence-corrected chi connectivity index (χ0v) is 12.7. The number of nitrogens with zero attached hydrogens (tertiary/aromatic N) is 1. The summed E-state index contributed by atoms with van der Waals surface area (Å²) in [5, 5.41) is 3.71. The molecule has 1 heterocycles. The SMILES string of the molecule is Nc1ccc2nc3c(cc2c1)CCc1ccc2ccccc2c1-3. The molecule has 5 rings (SSSR count). The van der Waals surface area contributed by atoms with Crippen molar-refractivity contribution >= 4 is 27.4 Å². The van der Waals surface area contributed by atoms with Gasteiger partial charge >= 0.3 is 0 Å². The van der Waals surface area contributed by atoms with Crippen molar-refractivity contribution in [2.75, 3.05) is 5.73 Å². The van der Waals surface area contributed by atoms with Crippen molar-refractivity contribution in [1.82, 2.24) is 4.98 Å². The van der Waals surface area contributed by atoms with Crippen LogP contribution < -0.4 is 5.73 Å². The minimum atomic E-state index is 0.793. The average molecular weight is 296 g/mol. The van der Waals surface area contributed by atoms with Crippen LogP contribution in [0.2, 0.25) is 0 Å². The first-order valence-electron chi connectivity index (χ1n) is 8.00. The van der Waals surface area contributed by atoms with E-state index in [4.69, 9.17) is 10.7 Å². The number of aryl methyl sites for hydroxylation is 2. The molecule has 0 unspecified atom stereocenters. The molecule has 1 aliphatic rings. The van der Waals surface area contributed by atoms with Gasteiger partial charge in [-0.15, -0.1) is 0 Å². The Hall–Kier alpha value is -2.87. The maximum atomic E-state index is 5.92. The van der Waals surface area contributed by atoms with E-state index in [0.29, 0.717) is 0 Å². The van der Waals surface area contributed by atoms with E-state index in [2.05, 4.69) is 42.5 Å². The van der Waals surface area contributed by atoms with E-state index in [0.717, 1.165) is 35.1 Å². The predicted molar refractivity (Wildman–Crippen MR) is 96.5 cm³/mol. The summed E-state index contributed by atoms with van der Waals surface area (Å²) >= 11 is 0. The summed E-state index contributed by atoms with van der Waals surface area (Å²) in [6, 6.07) is 21.3. The Morgan fingerprint density at radius 3 is 2.61 bits per heavy atom. The molecule has 23 heavy (non-hydrogen) atoms. The van der Waals surface area contributed by atoms with E-state index in [1.807, 2.05) is 18.2 Å². The fraction of sp³-hybridized carbons (Fsp3) is 0.0952. The summed E-state index contributed by atoms with van der Waals surface area (Å²) in [7, 11) is 0. The molecule has 4 aromatic rings. The quantitative estimate of drug-likeness (QED) is 0.476. The minimum absolute atomic E-state index is 0.793. The van der Waals surface area contributed by atoms with Gasteiger partial charge in [-0.1, -0.05) is 36.4 Å². The van der Waals surface area contributed by atoms with Crippen LogP contribution in [0.4, 0.5) is 5.69 Å². The third-order valence-corrected chi connectivity index (χ3v) is 4.83. The van der Waals surface area contributed by atoms with Crippen LogP contribution in [0.5, 0.6) is 0 Å². The molecular weight excluding hydrogens is 280 g/mol. The van der Waals surface area contributed by atoms with Gasteiger partial charge in [-0.25, -0.2) is 4.98 Å². The van der Waals surface area contributed by atoms with Gasteiger partial charge < -0.3 is 5.73 Å². The van der Waals surface area contributed by atoms with Gasteiger partial charge in [-0.2, -0.15) is 0 Å². The summed E-state index contributed by atoms with van der Waals surface area (Å²) in [4.78, 5) is 4.99.